The van der Waals surface area contributed by atoms with Crippen LogP contribution in [0, 0.1) is 4.91 Å². The number of hydrogen-bond donors (Lipinski definition) is 0. The van der Waals surface area contributed by atoms with Crippen LogP contribution in [0.25, 0.3) is 0 Å². The van der Waals surface area contributed by atoms with Crippen molar-refractivity contribution >= 4 is 5.91 Å². The molecule has 0 spiro atoms. The minimum absolute atomic E-state index is 0.153. The molecule has 0 aromatic carbocycles. The zero-order chi connectivity index (χ0) is 5.98. The van der Waals surface area contributed by atoms with Crippen molar-refractivity contribution in [2.75, 3.05) is 6.54 Å². The Labute approximate surface area is 46.4 Å². The van der Waals surface area contributed by atoms with Gasteiger partial charge in [-0.2, -0.15) is 5.01 Å². The van der Waals surface area contributed by atoms with E-state index in [0.717, 1.165) is 11.4 Å². The van der Waals surface area contributed by atoms with E-state index in [1.54, 1.807) is 0 Å². The lowest BCUT2D eigenvalue weighted by atomic mass is 10.4. The first-order valence-corrected chi connectivity index (χ1v) is 2.48. The standard InChI is InChI=1S/C4H6N2O2/c7-4-2-1-3-6(4)5-8/h1-3H2. The number of carbonyl (C=O) groups is 1. The summed E-state index contributed by atoms with van der Waals surface area (Å²) in [6, 6.07) is 0. The van der Waals surface area contributed by atoms with Crippen LogP contribution >= 0.6 is 0 Å². The SMILES string of the molecule is O=NN1CCCC1=O. The van der Waals surface area contributed by atoms with Gasteiger partial charge >= 0.3 is 0 Å². The molecule has 0 aromatic rings. The van der Waals surface area contributed by atoms with Crippen LogP contribution in [0.4, 0.5) is 0 Å². The van der Waals surface area contributed by atoms with Crippen molar-refractivity contribution < 1.29 is 4.79 Å². The predicted molar refractivity (Wildman–Crippen MR) is 26.7 cm³/mol. The van der Waals surface area contributed by atoms with E-state index in [1.165, 1.54) is 0 Å². The van der Waals surface area contributed by atoms with Crippen LogP contribution in [0.5, 0.6) is 0 Å². The van der Waals surface area contributed by atoms with E-state index in [0.29, 0.717) is 13.0 Å². The molecular weight excluding hydrogens is 108 g/mol. The Balaban J connectivity index is 2.54. The smallest absolute Gasteiger partial charge is 0.245 e. The highest BCUT2D eigenvalue weighted by atomic mass is 16.3. The van der Waals surface area contributed by atoms with Crippen molar-refractivity contribution in [3.63, 3.8) is 0 Å². The van der Waals surface area contributed by atoms with Crippen LogP contribution in [0.1, 0.15) is 12.8 Å². The second-order valence-corrected chi connectivity index (χ2v) is 1.70. The molecule has 0 bridgehead atoms. The molecule has 0 atom stereocenters. The normalized spacial score (nSPS) is 19.5. The van der Waals surface area contributed by atoms with Gasteiger partial charge in [0.1, 0.15) is 0 Å². The summed E-state index contributed by atoms with van der Waals surface area (Å²) in [5, 5.41) is 3.46. The molecule has 1 saturated heterocycles. The first-order valence-electron chi connectivity index (χ1n) is 2.48. The third-order valence-corrected chi connectivity index (χ3v) is 1.15. The van der Waals surface area contributed by atoms with Crippen molar-refractivity contribution in [3.8, 4) is 0 Å². The number of nitroso groups, excluding NO2 is 1. The van der Waals surface area contributed by atoms with Gasteiger partial charge in [-0.1, -0.05) is 0 Å². The molecule has 1 aliphatic heterocycles. The molecule has 0 aromatic heterocycles. The molecule has 4 nitrogen and oxygen atoms in total. The van der Waals surface area contributed by atoms with Crippen LogP contribution in [0.2, 0.25) is 0 Å². The third kappa shape index (κ3) is 0.685. The molecule has 1 amide bonds. The summed E-state index contributed by atoms with van der Waals surface area (Å²) >= 11 is 0. The largest absolute Gasteiger partial charge is 0.273 e. The number of amides is 1. The second kappa shape index (κ2) is 1.90. The summed E-state index contributed by atoms with van der Waals surface area (Å²) in [6.45, 7) is 0.502. The maximum atomic E-state index is 10.4. The highest BCUT2D eigenvalue weighted by Crippen LogP contribution is 2.08. The monoisotopic (exact) mass is 114 g/mol. The second-order valence-electron chi connectivity index (χ2n) is 1.70. The lowest BCUT2D eigenvalue weighted by Gasteiger charge is -1.98. The van der Waals surface area contributed by atoms with Crippen LogP contribution < -0.4 is 0 Å². The summed E-state index contributed by atoms with van der Waals surface area (Å²) in [4.78, 5) is 20.1. The van der Waals surface area contributed by atoms with E-state index in [4.69, 9.17) is 0 Å². The summed E-state index contributed by atoms with van der Waals surface area (Å²) in [5.41, 5.74) is 0. The Kier molecular flexibility index (Phi) is 1.24. The van der Waals surface area contributed by atoms with Gasteiger partial charge in [0, 0.05) is 13.0 Å². The lowest BCUT2D eigenvalue weighted by Crippen LogP contribution is -2.16. The fourth-order valence-corrected chi connectivity index (χ4v) is 0.720. The Morgan fingerprint density at radius 2 is 2.38 bits per heavy atom. The zero-order valence-electron chi connectivity index (χ0n) is 4.33. The van der Waals surface area contributed by atoms with E-state index in [9.17, 15) is 9.70 Å². The molecule has 0 aliphatic carbocycles. The van der Waals surface area contributed by atoms with Crippen molar-refractivity contribution in [3.05, 3.63) is 4.91 Å². The van der Waals surface area contributed by atoms with Crippen molar-refractivity contribution in [1.29, 1.82) is 0 Å². The quantitative estimate of drug-likeness (QED) is 0.460. The molecular formula is C4H6N2O2. The average Bonchev–Trinajstić information content (AvgIpc) is 2.14. The molecule has 1 aliphatic rings. The molecule has 44 valence electrons. The molecule has 0 unspecified atom stereocenters. The maximum Gasteiger partial charge on any atom is 0.245 e. The van der Waals surface area contributed by atoms with Gasteiger partial charge in [-0.3, -0.25) is 4.79 Å². The molecule has 1 heterocycles. The minimum atomic E-state index is -0.153. The highest BCUT2D eigenvalue weighted by molar-refractivity contribution is 5.77. The van der Waals surface area contributed by atoms with Crippen LogP contribution in [0.3, 0.4) is 0 Å². The average molecular weight is 114 g/mol. The first-order chi connectivity index (χ1) is 3.84. The van der Waals surface area contributed by atoms with Gasteiger partial charge in [0.05, 0.1) is 5.29 Å². The number of carbonyl (C=O) groups excluding carboxylic acids is 1. The van der Waals surface area contributed by atoms with Crippen molar-refractivity contribution in [2.24, 2.45) is 5.29 Å². The van der Waals surface area contributed by atoms with Gasteiger partial charge in [-0.15, -0.1) is 4.91 Å². The van der Waals surface area contributed by atoms with Gasteiger partial charge in [0.25, 0.3) is 0 Å². The Morgan fingerprint density at radius 1 is 1.62 bits per heavy atom. The topological polar surface area (TPSA) is 49.7 Å². The number of hydrogen-bond acceptors (Lipinski definition) is 3. The highest BCUT2D eigenvalue weighted by Gasteiger charge is 2.19. The van der Waals surface area contributed by atoms with E-state index in [1.807, 2.05) is 0 Å². The molecule has 1 fully saturated rings. The number of nitrogens with zero attached hydrogens (tertiary/aromatic N) is 2. The Morgan fingerprint density at radius 3 is 2.62 bits per heavy atom. The zero-order valence-corrected chi connectivity index (χ0v) is 4.33. The van der Waals surface area contributed by atoms with E-state index < -0.39 is 0 Å². The third-order valence-electron chi connectivity index (χ3n) is 1.15. The van der Waals surface area contributed by atoms with Crippen molar-refractivity contribution in [1.82, 2.24) is 5.01 Å². The summed E-state index contributed by atoms with van der Waals surface area (Å²) in [6.07, 6.45) is 1.25. The van der Waals surface area contributed by atoms with Crippen LogP contribution in [-0.2, 0) is 4.79 Å². The molecule has 1 rings (SSSR count). The van der Waals surface area contributed by atoms with E-state index in [-0.39, 0.29) is 5.91 Å². The summed E-state index contributed by atoms with van der Waals surface area (Å²) < 4.78 is 0. The lowest BCUT2D eigenvalue weighted by molar-refractivity contribution is -0.127. The van der Waals surface area contributed by atoms with Crippen LogP contribution in [0.15, 0.2) is 5.29 Å². The van der Waals surface area contributed by atoms with Gasteiger partial charge < -0.3 is 0 Å². The van der Waals surface area contributed by atoms with Gasteiger partial charge in [-0.25, -0.2) is 0 Å². The molecule has 8 heavy (non-hydrogen) atoms. The molecule has 4 heteroatoms. The molecule has 0 saturated carbocycles. The summed E-state index contributed by atoms with van der Waals surface area (Å²) in [5.74, 6) is -0.153. The van der Waals surface area contributed by atoms with Gasteiger partial charge in [-0.05, 0) is 6.42 Å². The van der Waals surface area contributed by atoms with Crippen molar-refractivity contribution in [2.45, 2.75) is 12.8 Å². The predicted octanol–water partition coefficient (Wildman–Crippen LogP) is 0.290. The fourth-order valence-electron chi connectivity index (χ4n) is 0.720. The maximum absolute atomic E-state index is 10.4. The molecule has 0 N–H and O–H groups in total. The van der Waals surface area contributed by atoms with E-state index >= 15 is 0 Å². The molecule has 0 radical (unpaired) electrons. The Hall–Kier alpha value is -0.930. The van der Waals surface area contributed by atoms with E-state index in [2.05, 4.69) is 5.29 Å². The first kappa shape index (κ1) is 5.21. The Bertz CT molecular complexity index is 123. The van der Waals surface area contributed by atoms with Crippen LogP contribution in [-0.4, -0.2) is 17.5 Å². The van der Waals surface area contributed by atoms with Gasteiger partial charge in [0.2, 0.25) is 5.91 Å². The fraction of sp³-hybridized carbons (Fsp3) is 0.750. The summed E-state index contributed by atoms with van der Waals surface area (Å²) in [7, 11) is 0. The number of rotatable bonds is 1. The van der Waals surface area contributed by atoms with Gasteiger partial charge in [0.15, 0.2) is 0 Å². The minimum Gasteiger partial charge on any atom is -0.273 e.